The second-order valence-electron chi connectivity index (χ2n) is 4.31. The van der Waals surface area contributed by atoms with Crippen molar-refractivity contribution < 1.29 is 19.1 Å². The highest BCUT2D eigenvalue weighted by molar-refractivity contribution is 6.09. The van der Waals surface area contributed by atoms with Gasteiger partial charge in [-0.15, -0.1) is 0 Å². The lowest BCUT2D eigenvalue weighted by atomic mass is 10.2. The number of rotatable bonds is 4. The fourth-order valence-electron chi connectivity index (χ4n) is 2.13. The minimum Gasteiger partial charge on any atom is -0.466 e. The molecule has 0 spiro atoms. The highest BCUT2D eigenvalue weighted by Crippen LogP contribution is 2.46. The van der Waals surface area contributed by atoms with Crippen LogP contribution in [0.4, 0.5) is 0 Å². The van der Waals surface area contributed by atoms with Gasteiger partial charge in [-0.2, -0.15) is 0 Å². The number of ether oxygens (including phenoxy) is 1. The van der Waals surface area contributed by atoms with Crippen LogP contribution >= 0.6 is 0 Å². The summed E-state index contributed by atoms with van der Waals surface area (Å²) in [6.45, 7) is 2.01. The molecule has 2 amide bonds. The molecule has 5 nitrogen and oxygen atoms in total. The van der Waals surface area contributed by atoms with Crippen molar-refractivity contribution in [1.82, 2.24) is 4.90 Å². The van der Waals surface area contributed by atoms with E-state index in [0.29, 0.717) is 18.4 Å². The lowest BCUT2D eigenvalue weighted by Crippen LogP contribution is -2.33. The largest absolute Gasteiger partial charge is 0.466 e. The molecule has 2 atom stereocenters. The van der Waals surface area contributed by atoms with Gasteiger partial charge in [0.05, 0.1) is 18.9 Å². The first-order valence-electron chi connectivity index (χ1n) is 5.72. The molecule has 92 valence electrons. The Morgan fingerprint density at radius 1 is 1.41 bits per heavy atom. The van der Waals surface area contributed by atoms with Crippen LogP contribution in [0.15, 0.2) is 11.6 Å². The number of nitrogens with zero attached hydrogens (tertiary/aromatic N) is 1. The van der Waals surface area contributed by atoms with Crippen molar-refractivity contribution in [2.75, 3.05) is 13.7 Å². The lowest BCUT2D eigenvalue weighted by molar-refractivity contribution is -0.141. The van der Waals surface area contributed by atoms with Gasteiger partial charge in [-0.25, -0.2) is 4.79 Å². The van der Waals surface area contributed by atoms with E-state index in [-0.39, 0.29) is 30.2 Å². The zero-order valence-electron chi connectivity index (χ0n) is 9.93. The highest BCUT2D eigenvalue weighted by Gasteiger charge is 2.58. The number of hydrogen-bond donors (Lipinski definition) is 0. The summed E-state index contributed by atoms with van der Waals surface area (Å²) in [6.07, 6.45) is 2.83. The summed E-state index contributed by atoms with van der Waals surface area (Å²) >= 11 is 0. The molecule has 5 heteroatoms. The number of carbonyl (C=O) groups is 3. The standard InChI is InChI=1S/C12H15NO4/c1-3-7(12(16)17-2)4-5-13-10(14)8-6-9(8)11(13)15/h4,8-9H,3,5-6H2,1-2H3. The number of piperidine rings is 1. The van der Waals surface area contributed by atoms with Gasteiger partial charge in [-0.3, -0.25) is 14.5 Å². The number of imide groups is 1. The van der Waals surface area contributed by atoms with Gasteiger partial charge in [-0.1, -0.05) is 13.0 Å². The van der Waals surface area contributed by atoms with Gasteiger partial charge in [0.25, 0.3) is 0 Å². The molecule has 0 bridgehead atoms. The van der Waals surface area contributed by atoms with Crippen molar-refractivity contribution in [3.63, 3.8) is 0 Å². The Kier molecular flexibility index (Phi) is 3.00. The molecule has 0 N–H and O–H groups in total. The number of amides is 2. The molecule has 2 unspecified atom stereocenters. The Morgan fingerprint density at radius 2 is 2.00 bits per heavy atom. The van der Waals surface area contributed by atoms with Crippen molar-refractivity contribution in [2.45, 2.75) is 19.8 Å². The molecule has 0 aromatic rings. The van der Waals surface area contributed by atoms with Crippen LogP contribution in [-0.2, 0) is 19.1 Å². The van der Waals surface area contributed by atoms with Gasteiger partial charge in [-0.05, 0) is 12.8 Å². The van der Waals surface area contributed by atoms with E-state index >= 15 is 0 Å². The molecular weight excluding hydrogens is 222 g/mol. The first-order valence-corrected chi connectivity index (χ1v) is 5.72. The SMILES string of the molecule is CCC(=CCN1C(=O)C2CC2C1=O)C(=O)OC. The molecule has 1 saturated carbocycles. The second kappa shape index (κ2) is 4.31. The Bertz CT molecular complexity index is 393. The van der Waals surface area contributed by atoms with Crippen LogP contribution in [0.5, 0.6) is 0 Å². The quantitative estimate of drug-likeness (QED) is 0.406. The van der Waals surface area contributed by atoms with Crippen LogP contribution in [0.2, 0.25) is 0 Å². The van der Waals surface area contributed by atoms with Crippen LogP contribution in [0, 0.1) is 11.8 Å². The van der Waals surface area contributed by atoms with Crippen molar-refractivity contribution >= 4 is 17.8 Å². The molecule has 2 aliphatic rings. The highest BCUT2D eigenvalue weighted by atomic mass is 16.5. The normalized spacial score (nSPS) is 27.2. The van der Waals surface area contributed by atoms with Crippen LogP contribution in [-0.4, -0.2) is 36.3 Å². The Morgan fingerprint density at radius 3 is 2.47 bits per heavy atom. The molecule has 2 rings (SSSR count). The third-order valence-corrected chi connectivity index (χ3v) is 3.31. The predicted molar refractivity (Wildman–Crippen MR) is 58.7 cm³/mol. The maximum Gasteiger partial charge on any atom is 0.333 e. The van der Waals surface area contributed by atoms with E-state index in [2.05, 4.69) is 4.74 Å². The predicted octanol–water partition coefficient (Wildman–Crippen LogP) is 0.501. The lowest BCUT2D eigenvalue weighted by Gasteiger charge is -2.14. The number of likely N-dealkylation sites (tertiary alicyclic amines) is 1. The van der Waals surface area contributed by atoms with Crippen molar-refractivity contribution in [1.29, 1.82) is 0 Å². The molecule has 1 aliphatic heterocycles. The molecule has 1 heterocycles. The fraction of sp³-hybridized carbons (Fsp3) is 0.583. The number of fused-ring (bicyclic) bond motifs is 1. The van der Waals surface area contributed by atoms with Gasteiger partial charge in [0.2, 0.25) is 11.8 Å². The van der Waals surface area contributed by atoms with Crippen molar-refractivity contribution in [3.8, 4) is 0 Å². The molecular formula is C12H15NO4. The van der Waals surface area contributed by atoms with Gasteiger partial charge in [0, 0.05) is 12.1 Å². The first kappa shape index (κ1) is 11.8. The average Bonchev–Trinajstić information content (AvgIpc) is 3.08. The third kappa shape index (κ3) is 1.97. The van der Waals surface area contributed by atoms with Crippen LogP contribution in [0.1, 0.15) is 19.8 Å². The Hall–Kier alpha value is -1.65. The summed E-state index contributed by atoms with van der Waals surface area (Å²) in [7, 11) is 1.31. The smallest absolute Gasteiger partial charge is 0.333 e. The van der Waals surface area contributed by atoms with Gasteiger partial charge in [0.1, 0.15) is 0 Å². The summed E-state index contributed by atoms with van der Waals surface area (Å²) in [5.41, 5.74) is 0.494. The van der Waals surface area contributed by atoms with Gasteiger partial charge < -0.3 is 4.74 Å². The molecule has 0 radical (unpaired) electrons. The van der Waals surface area contributed by atoms with Crippen LogP contribution < -0.4 is 0 Å². The van der Waals surface area contributed by atoms with Gasteiger partial charge >= 0.3 is 5.97 Å². The maximum absolute atomic E-state index is 11.7. The Labute approximate surface area is 99.4 Å². The van der Waals surface area contributed by atoms with E-state index in [1.165, 1.54) is 12.0 Å². The minimum absolute atomic E-state index is 0.0842. The van der Waals surface area contributed by atoms with Crippen LogP contribution in [0.25, 0.3) is 0 Å². The molecule has 2 fully saturated rings. The zero-order chi connectivity index (χ0) is 12.6. The second-order valence-corrected chi connectivity index (χ2v) is 4.31. The monoisotopic (exact) mass is 237 g/mol. The van der Waals surface area contributed by atoms with Gasteiger partial charge in [0.15, 0.2) is 0 Å². The molecule has 1 aliphatic carbocycles. The van der Waals surface area contributed by atoms with E-state index in [1.807, 2.05) is 6.92 Å². The minimum atomic E-state index is -0.406. The topological polar surface area (TPSA) is 63.7 Å². The van der Waals surface area contributed by atoms with Crippen molar-refractivity contribution in [3.05, 3.63) is 11.6 Å². The summed E-state index contributed by atoms with van der Waals surface area (Å²) in [5.74, 6) is -0.775. The molecule has 1 saturated heterocycles. The number of methoxy groups -OCH3 is 1. The van der Waals surface area contributed by atoms with Crippen molar-refractivity contribution in [2.24, 2.45) is 11.8 Å². The van der Waals surface area contributed by atoms with E-state index in [0.717, 1.165) is 0 Å². The van der Waals surface area contributed by atoms with Crippen LogP contribution in [0.3, 0.4) is 0 Å². The van der Waals surface area contributed by atoms with E-state index in [4.69, 9.17) is 0 Å². The number of carbonyl (C=O) groups excluding carboxylic acids is 3. The fourth-order valence-corrected chi connectivity index (χ4v) is 2.13. The molecule has 17 heavy (non-hydrogen) atoms. The molecule has 0 aromatic carbocycles. The third-order valence-electron chi connectivity index (χ3n) is 3.31. The number of esters is 1. The molecule has 0 aromatic heterocycles. The first-order chi connectivity index (χ1) is 8.10. The van der Waals surface area contributed by atoms with E-state index in [9.17, 15) is 14.4 Å². The zero-order valence-corrected chi connectivity index (χ0v) is 9.93. The average molecular weight is 237 g/mol. The summed E-state index contributed by atoms with van der Waals surface area (Å²) in [4.78, 5) is 35.9. The summed E-state index contributed by atoms with van der Waals surface area (Å²) < 4.78 is 4.61. The summed E-state index contributed by atoms with van der Waals surface area (Å²) in [5, 5.41) is 0. The number of hydrogen-bond acceptors (Lipinski definition) is 4. The van der Waals surface area contributed by atoms with E-state index in [1.54, 1.807) is 6.08 Å². The van der Waals surface area contributed by atoms with E-state index < -0.39 is 5.97 Å². The Balaban J connectivity index is 2.02. The maximum atomic E-state index is 11.7. The summed E-state index contributed by atoms with van der Waals surface area (Å²) in [6, 6.07) is 0.